The van der Waals surface area contributed by atoms with Crippen molar-refractivity contribution in [3.63, 3.8) is 0 Å². The molecule has 0 saturated heterocycles. The highest BCUT2D eigenvalue weighted by atomic mass is 32.1. The van der Waals surface area contributed by atoms with E-state index in [1.54, 1.807) is 6.07 Å². The second kappa shape index (κ2) is 17.2. The molecule has 0 aliphatic heterocycles. The number of hydrogen-bond donors (Lipinski definition) is 5. The number of ketones is 1. The molecule has 0 spiro atoms. The van der Waals surface area contributed by atoms with Crippen molar-refractivity contribution in [2.24, 2.45) is 11.7 Å². The van der Waals surface area contributed by atoms with Gasteiger partial charge in [0.05, 0.1) is 18.9 Å². The highest BCUT2D eigenvalue weighted by Gasteiger charge is 2.38. The van der Waals surface area contributed by atoms with Crippen molar-refractivity contribution in [3.8, 4) is 5.75 Å². The summed E-state index contributed by atoms with van der Waals surface area (Å²) >= 11 is 1.04. The first-order valence-electron chi connectivity index (χ1n) is 12.5. The molecule has 45 heavy (non-hydrogen) atoms. The summed E-state index contributed by atoms with van der Waals surface area (Å²) in [5, 5.41) is 32.4. The number of Topliss-reactive ketones (excluding diaryl/α,β-unsaturated/α-hetero) is 1. The number of nitrogen functional groups attached to an aromatic ring is 1. The molecular weight excluding hydrogens is 634 g/mol. The molecule has 1 amide bonds. The quantitative estimate of drug-likeness (QED) is 0.0465. The summed E-state index contributed by atoms with van der Waals surface area (Å²) in [7, 11) is 0. The van der Waals surface area contributed by atoms with E-state index in [1.165, 1.54) is 29.2 Å². The minimum absolute atomic E-state index is 0.0250. The van der Waals surface area contributed by atoms with E-state index < -0.39 is 72.9 Å². The number of nitrogens with zero attached hydrogens (tertiary/aromatic N) is 1. The number of amides is 1. The monoisotopic (exact) mass is 661 g/mol. The fourth-order valence-electron chi connectivity index (χ4n) is 3.33. The van der Waals surface area contributed by atoms with Crippen LogP contribution in [0.25, 0.3) is 0 Å². The van der Waals surface area contributed by atoms with E-state index >= 15 is 0 Å². The third kappa shape index (κ3) is 13.4. The lowest BCUT2D eigenvalue weighted by atomic mass is 9.98. The number of hydrogen-bond acceptors (Lipinski definition) is 9. The Morgan fingerprint density at radius 1 is 1.07 bits per heavy atom. The average Bonchev–Trinajstić information content (AvgIpc) is 3.41. The number of amidine groups is 1. The van der Waals surface area contributed by atoms with Crippen molar-refractivity contribution < 1.29 is 66.4 Å². The number of carboxylic acids is 3. The molecule has 1 aromatic carbocycles. The van der Waals surface area contributed by atoms with E-state index in [0.29, 0.717) is 4.88 Å². The average molecular weight is 662 g/mol. The zero-order chi connectivity index (χ0) is 34.5. The summed E-state index contributed by atoms with van der Waals surface area (Å²) < 4.78 is 51.0. The van der Waals surface area contributed by atoms with Crippen LogP contribution in [0.1, 0.15) is 39.4 Å². The second-order valence-electron chi connectivity index (χ2n) is 8.96. The van der Waals surface area contributed by atoms with Crippen LogP contribution in [0.3, 0.4) is 0 Å². The molecule has 0 aliphatic rings. The van der Waals surface area contributed by atoms with Gasteiger partial charge in [0.25, 0.3) is 0 Å². The fraction of sp³-hybridized carbons (Fsp3) is 0.296. The molecule has 0 radical (unpaired) electrons. The van der Waals surface area contributed by atoms with Gasteiger partial charge in [0, 0.05) is 29.8 Å². The zero-order valence-electron chi connectivity index (χ0n) is 23.1. The number of carboxylic acid groups (broad SMARTS) is 3. The van der Waals surface area contributed by atoms with Crippen molar-refractivity contribution in [3.05, 3.63) is 64.1 Å². The maximum absolute atomic E-state index is 14.1. The van der Waals surface area contributed by atoms with E-state index in [-0.39, 0.29) is 41.4 Å². The number of thiophene rings is 1. The van der Waals surface area contributed by atoms with Crippen LogP contribution in [0.15, 0.2) is 43.0 Å². The fourth-order valence-corrected chi connectivity index (χ4v) is 4.22. The Balaban J connectivity index is 0.00000129. The number of aryl methyl sites for hydroxylation is 1. The number of rotatable bonds is 15. The SMILES string of the molecule is C=CCN(CC(=O)C[C@@H](CC(=O)O)C(=O)O)C(=O)CCc1ccc(C(=O)Oc2ccc(C(=N)N)cc2F)s1.O=C(O)C(F)(F)F. The molecule has 13 nitrogen and oxygen atoms in total. The molecule has 18 heteroatoms. The summed E-state index contributed by atoms with van der Waals surface area (Å²) in [6, 6.07) is 6.58. The summed E-state index contributed by atoms with van der Waals surface area (Å²) in [5.74, 6) is -10.3. The number of alkyl halides is 3. The Labute approximate surface area is 256 Å². The first-order chi connectivity index (χ1) is 20.8. The normalized spacial score (nSPS) is 11.3. The van der Waals surface area contributed by atoms with Gasteiger partial charge in [0.15, 0.2) is 17.3 Å². The maximum Gasteiger partial charge on any atom is 0.490 e. The Kier molecular flexibility index (Phi) is 14.5. The van der Waals surface area contributed by atoms with Crippen LogP contribution >= 0.6 is 11.3 Å². The lowest BCUT2D eigenvalue weighted by Gasteiger charge is -2.21. The number of nitrogens with two attached hydrogens (primary N) is 1. The van der Waals surface area contributed by atoms with Crippen LogP contribution in [0.5, 0.6) is 5.75 Å². The summed E-state index contributed by atoms with van der Waals surface area (Å²) in [4.78, 5) is 70.4. The lowest BCUT2D eigenvalue weighted by Crippen LogP contribution is -2.37. The molecule has 1 atom stereocenters. The van der Waals surface area contributed by atoms with Gasteiger partial charge in [-0.05, 0) is 36.8 Å². The van der Waals surface area contributed by atoms with E-state index in [0.717, 1.165) is 17.4 Å². The molecule has 0 unspecified atom stereocenters. The number of carbonyl (C=O) groups excluding carboxylic acids is 3. The molecule has 0 saturated carbocycles. The predicted molar refractivity (Wildman–Crippen MR) is 148 cm³/mol. The third-order valence-corrected chi connectivity index (χ3v) is 6.57. The molecule has 0 bridgehead atoms. The molecule has 0 aliphatic carbocycles. The first-order valence-corrected chi connectivity index (χ1v) is 13.3. The summed E-state index contributed by atoms with van der Waals surface area (Å²) in [5.41, 5.74) is 5.44. The van der Waals surface area contributed by atoms with Gasteiger partial charge < -0.3 is 30.7 Å². The van der Waals surface area contributed by atoms with Crippen molar-refractivity contribution in [2.75, 3.05) is 13.1 Å². The van der Waals surface area contributed by atoms with Gasteiger partial charge in [-0.3, -0.25) is 24.6 Å². The van der Waals surface area contributed by atoms with Crippen molar-refractivity contribution in [2.45, 2.75) is 31.9 Å². The van der Waals surface area contributed by atoms with Crippen LogP contribution < -0.4 is 10.5 Å². The van der Waals surface area contributed by atoms with E-state index in [2.05, 4.69) is 6.58 Å². The summed E-state index contributed by atoms with van der Waals surface area (Å²) in [6.07, 6.45) is -4.74. The highest BCUT2D eigenvalue weighted by molar-refractivity contribution is 7.13. The Hall–Kier alpha value is -5.13. The van der Waals surface area contributed by atoms with Crippen molar-refractivity contribution >= 4 is 52.7 Å². The van der Waals surface area contributed by atoms with Crippen LogP contribution in [-0.2, 0) is 30.4 Å². The number of ether oxygens (including phenoxy) is 1. The van der Waals surface area contributed by atoms with E-state index in [1.807, 2.05) is 0 Å². The van der Waals surface area contributed by atoms with Gasteiger partial charge in [-0.2, -0.15) is 13.2 Å². The number of benzene rings is 1. The maximum atomic E-state index is 14.1. The van der Waals surface area contributed by atoms with Gasteiger partial charge in [-0.25, -0.2) is 14.0 Å². The number of esters is 1. The molecule has 244 valence electrons. The Morgan fingerprint density at radius 2 is 1.69 bits per heavy atom. The van der Waals surface area contributed by atoms with Gasteiger partial charge in [0.1, 0.15) is 10.7 Å². The zero-order valence-corrected chi connectivity index (χ0v) is 24.0. The Bertz CT molecular complexity index is 1460. The van der Waals surface area contributed by atoms with Crippen molar-refractivity contribution in [1.82, 2.24) is 4.90 Å². The molecule has 6 N–H and O–H groups in total. The largest absolute Gasteiger partial charge is 0.490 e. The van der Waals surface area contributed by atoms with Crippen LogP contribution in [-0.4, -0.2) is 80.9 Å². The van der Waals surface area contributed by atoms with E-state index in [9.17, 15) is 41.5 Å². The van der Waals surface area contributed by atoms with E-state index in [4.69, 9.17) is 36.0 Å². The smallest absolute Gasteiger partial charge is 0.481 e. The van der Waals surface area contributed by atoms with Crippen LogP contribution in [0, 0.1) is 17.1 Å². The number of aliphatic carboxylic acids is 3. The minimum Gasteiger partial charge on any atom is -0.481 e. The van der Waals surface area contributed by atoms with Gasteiger partial charge >= 0.3 is 30.1 Å². The third-order valence-electron chi connectivity index (χ3n) is 5.45. The molecule has 2 aromatic rings. The van der Waals surface area contributed by atoms with Crippen LogP contribution in [0.2, 0.25) is 0 Å². The van der Waals surface area contributed by atoms with Crippen molar-refractivity contribution in [1.29, 1.82) is 5.41 Å². The number of nitrogens with one attached hydrogen (secondary N) is 1. The topological polar surface area (TPSA) is 225 Å². The molecule has 1 heterocycles. The minimum atomic E-state index is -5.08. The van der Waals surface area contributed by atoms with Gasteiger partial charge in [-0.15, -0.1) is 17.9 Å². The molecule has 2 rings (SSSR count). The standard InChI is InChI=1S/C25H26FN3O8S.C2HF3O2/c1-2-9-29(13-16(30)10-15(24(34)35)12-22(32)33)21(31)8-5-17-4-7-20(38-17)25(36)37-19-6-3-14(23(27)28)11-18(19)26;3-2(4,5)1(6)7/h2-4,6-7,11,15H,1,5,8-10,12-13H2,(H3,27,28)(H,32,33)(H,34,35);(H,6,7)/t15-;/m0./s1. The first kappa shape index (κ1) is 37.9. The highest BCUT2D eigenvalue weighted by Crippen LogP contribution is 2.23. The molecular formula is C27H27F4N3O10S. The predicted octanol–water partition coefficient (Wildman–Crippen LogP) is 3.11. The van der Waals surface area contributed by atoms with Crippen LogP contribution in [0.4, 0.5) is 17.6 Å². The summed E-state index contributed by atoms with van der Waals surface area (Å²) in [6.45, 7) is 3.17. The number of carbonyl (C=O) groups is 6. The Morgan fingerprint density at radius 3 is 2.18 bits per heavy atom. The van der Waals surface area contributed by atoms with Gasteiger partial charge in [0.2, 0.25) is 5.91 Å². The molecule has 1 aromatic heterocycles. The van der Waals surface area contributed by atoms with Gasteiger partial charge in [-0.1, -0.05) is 6.08 Å². The molecule has 0 fully saturated rings. The number of halogens is 4. The second-order valence-corrected chi connectivity index (χ2v) is 10.1. The lowest BCUT2D eigenvalue weighted by molar-refractivity contribution is -0.192.